The summed E-state index contributed by atoms with van der Waals surface area (Å²) in [6.07, 6.45) is 0.846. The first-order valence-electron chi connectivity index (χ1n) is 7.23. The highest BCUT2D eigenvalue weighted by Crippen LogP contribution is 2.29. The molecule has 0 fully saturated rings. The summed E-state index contributed by atoms with van der Waals surface area (Å²) in [6.45, 7) is 3.88. The highest BCUT2D eigenvalue weighted by Gasteiger charge is 2.21. The smallest absolute Gasteiger partial charge is 0.269 e. The van der Waals surface area contributed by atoms with E-state index >= 15 is 0 Å². The molecule has 0 radical (unpaired) electrons. The summed E-state index contributed by atoms with van der Waals surface area (Å²) in [5, 5.41) is 14.1. The van der Waals surface area contributed by atoms with E-state index in [2.05, 4.69) is 15.2 Å². The topological polar surface area (TPSA) is 88.4 Å². The van der Waals surface area contributed by atoms with Gasteiger partial charge in [-0.15, -0.1) is 11.3 Å². The molecular formula is C15H16N4O3S. The minimum Gasteiger partial charge on any atom is -0.302 e. The van der Waals surface area contributed by atoms with E-state index < -0.39 is 4.92 Å². The van der Waals surface area contributed by atoms with Gasteiger partial charge in [0.1, 0.15) is 0 Å². The molecule has 7 nitrogen and oxygen atoms in total. The maximum atomic E-state index is 11.1. The molecule has 2 aromatic rings. The molecule has 1 amide bonds. The first kappa shape index (κ1) is 15.6. The van der Waals surface area contributed by atoms with Crippen molar-refractivity contribution in [2.45, 2.75) is 26.4 Å². The number of nitro benzene ring substituents is 1. The van der Waals surface area contributed by atoms with E-state index in [1.54, 1.807) is 12.1 Å². The van der Waals surface area contributed by atoms with Gasteiger partial charge in [0.15, 0.2) is 5.13 Å². The minimum atomic E-state index is -0.391. The van der Waals surface area contributed by atoms with Gasteiger partial charge in [0.25, 0.3) is 5.69 Å². The van der Waals surface area contributed by atoms with Crippen LogP contribution in [-0.4, -0.2) is 27.3 Å². The number of nitrogens with zero attached hydrogens (tertiary/aromatic N) is 3. The van der Waals surface area contributed by atoms with Crippen LogP contribution in [0.1, 0.15) is 23.1 Å². The second-order valence-electron chi connectivity index (χ2n) is 5.45. The van der Waals surface area contributed by atoms with Crippen molar-refractivity contribution in [3.8, 4) is 0 Å². The maximum absolute atomic E-state index is 11.1. The van der Waals surface area contributed by atoms with Gasteiger partial charge in [0, 0.05) is 50.0 Å². The van der Waals surface area contributed by atoms with Crippen LogP contribution < -0.4 is 5.32 Å². The van der Waals surface area contributed by atoms with E-state index in [4.69, 9.17) is 0 Å². The minimum absolute atomic E-state index is 0.108. The van der Waals surface area contributed by atoms with E-state index in [-0.39, 0.29) is 11.6 Å². The molecule has 0 saturated heterocycles. The van der Waals surface area contributed by atoms with Crippen molar-refractivity contribution in [2.24, 2.45) is 0 Å². The number of nitro groups is 1. The van der Waals surface area contributed by atoms with E-state index in [1.807, 2.05) is 0 Å². The van der Waals surface area contributed by atoms with Gasteiger partial charge < -0.3 is 5.32 Å². The highest BCUT2D eigenvalue weighted by molar-refractivity contribution is 7.15. The van der Waals surface area contributed by atoms with Crippen molar-refractivity contribution in [1.82, 2.24) is 9.88 Å². The summed E-state index contributed by atoms with van der Waals surface area (Å²) >= 11 is 1.51. The van der Waals surface area contributed by atoms with Gasteiger partial charge in [0.2, 0.25) is 5.91 Å². The molecule has 0 atom stereocenters. The lowest BCUT2D eigenvalue weighted by atomic mass is 10.1. The molecule has 2 heterocycles. The van der Waals surface area contributed by atoms with E-state index in [0.29, 0.717) is 5.13 Å². The average Bonchev–Trinajstić information content (AvgIpc) is 2.88. The molecule has 1 aromatic carbocycles. The molecule has 0 bridgehead atoms. The molecule has 3 rings (SSSR count). The first-order valence-corrected chi connectivity index (χ1v) is 8.05. The SMILES string of the molecule is CC(=O)Nc1nc2c(s1)CN(Cc1ccc([N+](=O)[O-])cc1)CC2. The second kappa shape index (κ2) is 6.43. The maximum Gasteiger partial charge on any atom is 0.269 e. The van der Waals surface area contributed by atoms with Crippen LogP contribution in [0, 0.1) is 10.1 Å². The predicted octanol–water partition coefficient (Wildman–Crippen LogP) is 2.57. The summed E-state index contributed by atoms with van der Waals surface area (Å²) in [5.41, 5.74) is 2.21. The van der Waals surface area contributed by atoms with Crippen molar-refractivity contribution in [1.29, 1.82) is 0 Å². The Morgan fingerprint density at radius 1 is 1.43 bits per heavy atom. The number of hydrogen-bond acceptors (Lipinski definition) is 6. The molecule has 1 aliphatic heterocycles. The fourth-order valence-electron chi connectivity index (χ4n) is 2.57. The summed E-state index contributed by atoms with van der Waals surface area (Å²) in [5.74, 6) is -0.112. The Morgan fingerprint density at radius 2 is 2.17 bits per heavy atom. The third-order valence-corrected chi connectivity index (χ3v) is 4.64. The molecule has 0 aliphatic carbocycles. The summed E-state index contributed by atoms with van der Waals surface area (Å²) in [4.78, 5) is 29.3. The van der Waals surface area contributed by atoms with Crippen LogP contribution in [0.5, 0.6) is 0 Å². The van der Waals surface area contributed by atoms with Crippen molar-refractivity contribution < 1.29 is 9.72 Å². The number of carbonyl (C=O) groups excluding carboxylic acids is 1. The van der Waals surface area contributed by atoms with Crippen LogP contribution in [0.4, 0.5) is 10.8 Å². The molecule has 8 heteroatoms. The largest absolute Gasteiger partial charge is 0.302 e. The van der Waals surface area contributed by atoms with Gasteiger partial charge in [-0.1, -0.05) is 12.1 Å². The standard InChI is InChI=1S/C15H16N4O3S/c1-10(20)16-15-17-13-6-7-18(9-14(13)23-15)8-11-2-4-12(5-3-11)19(21)22/h2-5H,6-9H2,1H3,(H,16,17,20). The highest BCUT2D eigenvalue weighted by atomic mass is 32.1. The van der Waals surface area contributed by atoms with Crippen LogP contribution in [0.25, 0.3) is 0 Å². The summed E-state index contributed by atoms with van der Waals surface area (Å²) in [6, 6.07) is 6.66. The monoisotopic (exact) mass is 332 g/mol. The zero-order valence-corrected chi connectivity index (χ0v) is 13.4. The Balaban J connectivity index is 1.66. The molecule has 0 saturated carbocycles. The fraction of sp³-hybridized carbons (Fsp3) is 0.333. The predicted molar refractivity (Wildman–Crippen MR) is 87.3 cm³/mol. The fourth-order valence-corrected chi connectivity index (χ4v) is 3.67. The van der Waals surface area contributed by atoms with E-state index in [0.717, 1.165) is 37.3 Å². The van der Waals surface area contributed by atoms with E-state index in [9.17, 15) is 14.9 Å². The number of carbonyl (C=O) groups is 1. The van der Waals surface area contributed by atoms with Gasteiger partial charge in [-0.2, -0.15) is 0 Å². The van der Waals surface area contributed by atoms with Crippen LogP contribution >= 0.6 is 11.3 Å². The lowest BCUT2D eigenvalue weighted by Gasteiger charge is -2.25. The number of amides is 1. The number of anilines is 1. The Bertz CT molecular complexity index is 742. The number of hydrogen-bond donors (Lipinski definition) is 1. The zero-order valence-electron chi connectivity index (χ0n) is 12.6. The van der Waals surface area contributed by atoms with Crippen molar-refractivity contribution in [2.75, 3.05) is 11.9 Å². The van der Waals surface area contributed by atoms with Crippen LogP contribution in [0.2, 0.25) is 0 Å². The quantitative estimate of drug-likeness (QED) is 0.686. The number of thiazole rings is 1. The third-order valence-electron chi connectivity index (χ3n) is 3.65. The van der Waals surface area contributed by atoms with Crippen LogP contribution in [0.15, 0.2) is 24.3 Å². The lowest BCUT2D eigenvalue weighted by Crippen LogP contribution is -2.29. The number of nitrogens with one attached hydrogen (secondary N) is 1. The van der Waals surface area contributed by atoms with E-state index in [1.165, 1.54) is 35.3 Å². The molecular weight excluding hydrogens is 316 g/mol. The van der Waals surface area contributed by atoms with Crippen LogP contribution in [-0.2, 0) is 24.3 Å². The third kappa shape index (κ3) is 3.72. The molecule has 0 spiro atoms. The van der Waals surface area contributed by atoms with Crippen molar-refractivity contribution >= 4 is 28.1 Å². The summed E-state index contributed by atoms with van der Waals surface area (Å²) < 4.78 is 0. The van der Waals surface area contributed by atoms with Gasteiger partial charge in [-0.05, 0) is 5.56 Å². The Labute approximate surface area is 137 Å². The second-order valence-corrected chi connectivity index (χ2v) is 6.54. The lowest BCUT2D eigenvalue weighted by molar-refractivity contribution is -0.384. The molecule has 23 heavy (non-hydrogen) atoms. The van der Waals surface area contributed by atoms with Gasteiger partial charge >= 0.3 is 0 Å². The van der Waals surface area contributed by atoms with Crippen molar-refractivity contribution in [3.05, 3.63) is 50.5 Å². The Kier molecular flexibility index (Phi) is 4.35. The molecule has 1 aromatic heterocycles. The van der Waals surface area contributed by atoms with Crippen molar-refractivity contribution in [3.63, 3.8) is 0 Å². The number of aromatic nitrogens is 1. The molecule has 120 valence electrons. The molecule has 1 N–H and O–H groups in total. The number of benzene rings is 1. The number of non-ortho nitro benzene ring substituents is 1. The Morgan fingerprint density at radius 3 is 2.83 bits per heavy atom. The first-order chi connectivity index (χ1) is 11.0. The zero-order chi connectivity index (χ0) is 16.4. The average molecular weight is 332 g/mol. The number of rotatable bonds is 4. The van der Waals surface area contributed by atoms with Gasteiger partial charge in [0.05, 0.1) is 10.6 Å². The summed E-state index contributed by atoms with van der Waals surface area (Å²) in [7, 11) is 0. The van der Waals surface area contributed by atoms with Crippen LogP contribution in [0.3, 0.4) is 0 Å². The molecule has 1 aliphatic rings. The number of fused-ring (bicyclic) bond motifs is 1. The van der Waals surface area contributed by atoms with Gasteiger partial charge in [-0.3, -0.25) is 19.8 Å². The Hall–Kier alpha value is -2.32. The normalized spacial score (nSPS) is 14.3. The van der Waals surface area contributed by atoms with Gasteiger partial charge in [-0.25, -0.2) is 4.98 Å². The molecule has 0 unspecified atom stereocenters.